The zero-order valence-electron chi connectivity index (χ0n) is 8.41. The molecule has 0 aromatic heterocycles. The molecule has 14 heavy (non-hydrogen) atoms. The molecule has 0 aliphatic heterocycles. The molecule has 5 heteroatoms. The molecule has 0 aromatic rings. The van der Waals surface area contributed by atoms with Gasteiger partial charge in [-0.2, -0.15) is 0 Å². The predicted molar refractivity (Wildman–Crippen MR) is 53.0 cm³/mol. The third-order valence-electron chi connectivity index (χ3n) is 1.62. The molecule has 0 aromatic carbocycles. The van der Waals surface area contributed by atoms with Crippen molar-refractivity contribution in [2.24, 2.45) is 0 Å². The molecular formula is C9H16N2O3. The monoisotopic (exact) mass is 200 g/mol. The van der Waals surface area contributed by atoms with E-state index in [2.05, 4.69) is 17.2 Å². The smallest absolute Gasteiger partial charge is 0.325 e. The maximum absolute atomic E-state index is 11.1. The number of carbonyl (C=O) groups is 2. The van der Waals surface area contributed by atoms with Crippen molar-refractivity contribution >= 4 is 12.0 Å². The maximum atomic E-state index is 11.1. The minimum Gasteiger partial charge on any atom is -0.480 e. The SMILES string of the molecule is C=CCC(C)NC(=O)N[C@H](C)C(=O)O. The molecule has 2 atom stereocenters. The van der Waals surface area contributed by atoms with Crippen LogP contribution in [0.5, 0.6) is 0 Å². The van der Waals surface area contributed by atoms with Gasteiger partial charge in [0.1, 0.15) is 6.04 Å². The summed E-state index contributed by atoms with van der Waals surface area (Å²) in [5.74, 6) is -1.06. The van der Waals surface area contributed by atoms with Gasteiger partial charge < -0.3 is 15.7 Å². The number of hydrogen-bond donors (Lipinski definition) is 3. The topological polar surface area (TPSA) is 78.4 Å². The second-order valence-corrected chi connectivity index (χ2v) is 3.10. The standard InChI is InChI=1S/C9H16N2O3/c1-4-5-6(2)10-9(14)11-7(3)8(12)13/h4,6-7H,1,5H2,2-3H3,(H,12,13)(H2,10,11,14)/t6?,7-/m1/s1. The highest BCUT2D eigenvalue weighted by molar-refractivity contribution is 5.82. The Morgan fingerprint density at radius 2 is 2.00 bits per heavy atom. The fourth-order valence-corrected chi connectivity index (χ4v) is 0.833. The summed E-state index contributed by atoms with van der Waals surface area (Å²) in [6.07, 6.45) is 2.33. The van der Waals surface area contributed by atoms with Crippen LogP contribution >= 0.6 is 0 Å². The van der Waals surface area contributed by atoms with Gasteiger partial charge in [-0.1, -0.05) is 6.08 Å². The Balaban J connectivity index is 3.86. The lowest BCUT2D eigenvalue weighted by atomic mass is 10.2. The Hall–Kier alpha value is -1.52. The van der Waals surface area contributed by atoms with Crippen LogP contribution in [-0.2, 0) is 4.79 Å². The van der Waals surface area contributed by atoms with E-state index in [1.54, 1.807) is 6.08 Å². The molecule has 0 heterocycles. The van der Waals surface area contributed by atoms with Gasteiger partial charge in [0.2, 0.25) is 0 Å². The number of rotatable bonds is 5. The van der Waals surface area contributed by atoms with Gasteiger partial charge in [0, 0.05) is 6.04 Å². The van der Waals surface area contributed by atoms with Crippen LogP contribution in [0.15, 0.2) is 12.7 Å². The number of carboxylic acids is 1. The number of hydrogen-bond acceptors (Lipinski definition) is 2. The second kappa shape index (κ2) is 6.01. The second-order valence-electron chi connectivity index (χ2n) is 3.10. The Morgan fingerprint density at radius 1 is 1.43 bits per heavy atom. The summed E-state index contributed by atoms with van der Waals surface area (Å²) in [4.78, 5) is 21.5. The van der Waals surface area contributed by atoms with E-state index in [1.165, 1.54) is 6.92 Å². The fourth-order valence-electron chi connectivity index (χ4n) is 0.833. The van der Waals surface area contributed by atoms with E-state index in [1.807, 2.05) is 6.92 Å². The van der Waals surface area contributed by atoms with E-state index < -0.39 is 18.0 Å². The summed E-state index contributed by atoms with van der Waals surface area (Å²) in [5.41, 5.74) is 0. The molecule has 0 saturated heterocycles. The van der Waals surface area contributed by atoms with E-state index in [4.69, 9.17) is 5.11 Å². The lowest BCUT2D eigenvalue weighted by Crippen LogP contribution is -2.47. The van der Waals surface area contributed by atoms with Crippen molar-refractivity contribution in [2.75, 3.05) is 0 Å². The number of nitrogens with one attached hydrogen (secondary N) is 2. The predicted octanol–water partition coefficient (Wildman–Crippen LogP) is 0.723. The number of urea groups is 1. The first-order valence-corrected chi connectivity index (χ1v) is 4.38. The Morgan fingerprint density at radius 3 is 2.43 bits per heavy atom. The Bertz CT molecular complexity index is 228. The normalized spacial score (nSPS) is 13.9. The van der Waals surface area contributed by atoms with Crippen LogP contribution in [0, 0.1) is 0 Å². The van der Waals surface area contributed by atoms with Crippen LogP contribution in [0.3, 0.4) is 0 Å². The molecule has 0 aliphatic carbocycles. The van der Waals surface area contributed by atoms with Crippen LogP contribution in [-0.4, -0.2) is 29.2 Å². The van der Waals surface area contributed by atoms with E-state index in [-0.39, 0.29) is 6.04 Å². The van der Waals surface area contributed by atoms with Crippen LogP contribution < -0.4 is 10.6 Å². The van der Waals surface area contributed by atoms with Crippen molar-refractivity contribution in [2.45, 2.75) is 32.4 Å². The Labute approximate surface area is 83.2 Å². The maximum Gasteiger partial charge on any atom is 0.325 e. The summed E-state index contributed by atoms with van der Waals surface area (Å²) in [7, 11) is 0. The summed E-state index contributed by atoms with van der Waals surface area (Å²) in [6, 6.07) is -1.41. The van der Waals surface area contributed by atoms with Gasteiger partial charge >= 0.3 is 12.0 Å². The molecule has 0 saturated carbocycles. The number of amides is 2. The lowest BCUT2D eigenvalue weighted by molar-refractivity contribution is -0.138. The van der Waals surface area contributed by atoms with E-state index in [0.29, 0.717) is 6.42 Å². The first kappa shape index (κ1) is 12.5. The van der Waals surface area contributed by atoms with Gasteiger partial charge in [-0.15, -0.1) is 6.58 Å². The molecule has 1 unspecified atom stereocenters. The number of aliphatic carboxylic acids is 1. The van der Waals surface area contributed by atoms with Crippen molar-refractivity contribution < 1.29 is 14.7 Å². The highest BCUT2D eigenvalue weighted by Crippen LogP contribution is 1.90. The van der Waals surface area contributed by atoms with E-state index in [0.717, 1.165) is 0 Å². The van der Waals surface area contributed by atoms with Crippen LogP contribution in [0.1, 0.15) is 20.3 Å². The molecule has 0 spiro atoms. The quantitative estimate of drug-likeness (QED) is 0.572. The van der Waals surface area contributed by atoms with E-state index >= 15 is 0 Å². The molecule has 0 aliphatic rings. The van der Waals surface area contributed by atoms with Gasteiger partial charge in [0.15, 0.2) is 0 Å². The van der Waals surface area contributed by atoms with Gasteiger partial charge in [-0.25, -0.2) is 4.79 Å². The third kappa shape index (κ3) is 5.18. The summed E-state index contributed by atoms with van der Waals surface area (Å²) in [5, 5.41) is 13.4. The zero-order chi connectivity index (χ0) is 11.1. The average Bonchev–Trinajstić information content (AvgIpc) is 2.03. The van der Waals surface area contributed by atoms with Crippen molar-refractivity contribution in [3.63, 3.8) is 0 Å². The van der Waals surface area contributed by atoms with Crippen molar-refractivity contribution in [1.29, 1.82) is 0 Å². The largest absolute Gasteiger partial charge is 0.480 e. The third-order valence-corrected chi connectivity index (χ3v) is 1.62. The molecule has 2 amide bonds. The highest BCUT2D eigenvalue weighted by atomic mass is 16.4. The van der Waals surface area contributed by atoms with Gasteiger partial charge in [0.05, 0.1) is 0 Å². The van der Waals surface area contributed by atoms with Crippen molar-refractivity contribution in [1.82, 2.24) is 10.6 Å². The van der Waals surface area contributed by atoms with Crippen molar-refractivity contribution in [3.8, 4) is 0 Å². The Kier molecular flexibility index (Phi) is 5.36. The first-order chi connectivity index (χ1) is 6.47. The molecule has 0 bridgehead atoms. The molecule has 0 rings (SSSR count). The minimum atomic E-state index is -1.06. The van der Waals surface area contributed by atoms with Crippen LogP contribution in [0.2, 0.25) is 0 Å². The van der Waals surface area contributed by atoms with Gasteiger partial charge in [0.25, 0.3) is 0 Å². The summed E-state index contributed by atoms with van der Waals surface area (Å²) < 4.78 is 0. The van der Waals surface area contributed by atoms with Crippen LogP contribution in [0.25, 0.3) is 0 Å². The van der Waals surface area contributed by atoms with Gasteiger partial charge in [-0.05, 0) is 20.3 Å². The van der Waals surface area contributed by atoms with Crippen molar-refractivity contribution in [3.05, 3.63) is 12.7 Å². The minimum absolute atomic E-state index is 0.0477. The first-order valence-electron chi connectivity index (χ1n) is 4.38. The average molecular weight is 200 g/mol. The van der Waals surface area contributed by atoms with Gasteiger partial charge in [-0.3, -0.25) is 4.79 Å². The molecule has 5 nitrogen and oxygen atoms in total. The molecule has 3 N–H and O–H groups in total. The zero-order valence-corrected chi connectivity index (χ0v) is 8.41. The number of carbonyl (C=O) groups excluding carboxylic acids is 1. The fraction of sp³-hybridized carbons (Fsp3) is 0.556. The highest BCUT2D eigenvalue weighted by Gasteiger charge is 2.14. The molecular weight excluding hydrogens is 184 g/mol. The van der Waals surface area contributed by atoms with Crippen LogP contribution in [0.4, 0.5) is 4.79 Å². The molecule has 0 radical (unpaired) electrons. The lowest BCUT2D eigenvalue weighted by Gasteiger charge is -2.14. The molecule has 0 fully saturated rings. The number of carboxylic acid groups (broad SMARTS) is 1. The summed E-state index contributed by atoms with van der Waals surface area (Å²) in [6.45, 7) is 6.75. The summed E-state index contributed by atoms with van der Waals surface area (Å²) >= 11 is 0. The van der Waals surface area contributed by atoms with E-state index in [9.17, 15) is 9.59 Å². The molecule has 80 valence electrons.